The molecule has 1 aliphatic heterocycles. The predicted molar refractivity (Wildman–Crippen MR) is 78.6 cm³/mol. The Morgan fingerprint density at radius 2 is 2.29 bits per heavy atom. The van der Waals surface area contributed by atoms with Gasteiger partial charge >= 0.3 is 0 Å². The Bertz CT molecular complexity index is 241. The van der Waals surface area contributed by atoms with Gasteiger partial charge in [-0.25, -0.2) is 0 Å². The highest BCUT2D eigenvalue weighted by Crippen LogP contribution is 2.15. The van der Waals surface area contributed by atoms with E-state index < -0.39 is 0 Å². The summed E-state index contributed by atoms with van der Waals surface area (Å²) < 4.78 is 0. The van der Waals surface area contributed by atoms with Crippen LogP contribution in [0.3, 0.4) is 0 Å². The summed E-state index contributed by atoms with van der Waals surface area (Å²) in [6, 6.07) is 0. The van der Waals surface area contributed by atoms with Crippen LogP contribution in [0.15, 0.2) is 4.99 Å². The summed E-state index contributed by atoms with van der Waals surface area (Å²) in [4.78, 5) is 6.72. The number of likely N-dealkylation sites (tertiary alicyclic amines) is 1. The van der Waals surface area contributed by atoms with Crippen LogP contribution in [0.2, 0.25) is 0 Å². The van der Waals surface area contributed by atoms with Gasteiger partial charge in [0.2, 0.25) is 0 Å². The number of aliphatic imine (C=N–C) groups is 1. The van der Waals surface area contributed by atoms with Crippen molar-refractivity contribution >= 4 is 17.7 Å². The van der Waals surface area contributed by atoms with Crippen LogP contribution in [-0.2, 0) is 0 Å². The highest BCUT2D eigenvalue weighted by molar-refractivity contribution is 7.99. The van der Waals surface area contributed by atoms with Crippen molar-refractivity contribution in [1.82, 2.24) is 4.90 Å². The van der Waals surface area contributed by atoms with Crippen LogP contribution in [0.5, 0.6) is 0 Å². The zero-order valence-corrected chi connectivity index (χ0v) is 12.3. The summed E-state index contributed by atoms with van der Waals surface area (Å²) in [5.41, 5.74) is 6.02. The minimum Gasteiger partial charge on any atom is -0.370 e. The SMILES string of the molecule is CC(C)CSCCN=C(N)N1CCCC(C)C1. The molecule has 0 aromatic heterocycles. The van der Waals surface area contributed by atoms with Gasteiger partial charge in [0.1, 0.15) is 0 Å². The van der Waals surface area contributed by atoms with Gasteiger partial charge in [-0.15, -0.1) is 0 Å². The van der Waals surface area contributed by atoms with Gasteiger partial charge in [-0.3, -0.25) is 4.99 Å². The highest BCUT2D eigenvalue weighted by atomic mass is 32.2. The van der Waals surface area contributed by atoms with Gasteiger partial charge in [0.15, 0.2) is 5.96 Å². The van der Waals surface area contributed by atoms with Gasteiger partial charge < -0.3 is 10.6 Å². The minimum atomic E-state index is 0.752. The van der Waals surface area contributed by atoms with Crippen molar-refractivity contribution in [2.75, 3.05) is 31.1 Å². The normalized spacial score (nSPS) is 22.2. The fourth-order valence-electron chi connectivity index (χ4n) is 2.04. The zero-order valence-electron chi connectivity index (χ0n) is 11.5. The Labute approximate surface area is 110 Å². The number of piperidine rings is 1. The summed E-state index contributed by atoms with van der Waals surface area (Å²) in [5, 5.41) is 0. The molecule has 0 spiro atoms. The Kier molecular flexibility index (Phi) is 6.78. The molecule has 0 radical (unpaired) electrons. The fourth-order valence-corrected chi connectivity index (χ4v) is 2.90. The zero-order chi connectivity index (χ0) is 12.7. The van der Waals surface area contributed by atoms with E-state index in [1.807, 2.05) is 11.8 Å². The smallest absolute Gasteiger partial charge is 0.191 e. The lowest BCUT2D eigenvalue weighted by Crippen LogP contribution is -2.43. The Balaban J connectivity index is 2.19. The van der Waals surface area contributed by atoms with E-state index in [1.54, 1.807) is 0 Å². The molecule has 1 aliphatic rings. The lowest BCUT2D eigenvalue weighted by atomic mass is 10.0. The van der Waals surface area contributed by atoms with Crippen molar-refractivity contribution < 1.29 is 0 Å². The van der Waals surface area contributed by atoms with E-state index in [9.17, 15) is 0 Å². The third kappa shape index (κ3) is 6.20. The van der Waals surface area contributed by atoms with Crippen LogP contribution in [0, 0.1) is 11.8 Å². The first-order chi connectivity index (χ1) is 8.09. The van der Waals surface area contributed by atoms with Crippen LogP contribution in [-0.4, -0.2) is 42.0 Å². The average Bonchev–Trinajstić information content (AvgIpc) is 2.28. The van der Waals surface area contributed by atoms with Gasteiger partial charge in [0.25, 0.3) is 0 Å². The minimum absolute atomic E-state index is 0.752. The fraction of sp³-hybridized carbons (Fsp3) is 0.923. The lowest BCUT2D eigenvalue weighted by Gasteiger charge is -2.31. The maximum atomic E-state index is 6.02. The standard InChI is InChI=1S/C13H27N3S/c1-11(2)10-17-8-6-15-13(14)16-7-4-5-12(3)9-16/h11-12H,4-10H2,1-3H3,(H2,14,15). The molecule has 0 saturated carbocycles. The Hall–Kier alpha value is -0.380. The molecule has 0 aromatic rings. The van der Waals surface area contributed by atoms with E-state index >= 15 is 0 Å². The molecule has 4 heteroatoms. The molecular formula is C13H27N3S. The first-order valence-corrected chi connectivity index (χ1v) is 7.87. The van der Waals surface area contributed by atoms with E-state index in [4.69, 9.17) is 5.73 Å². The van der Waals surface area contributed by atoms with Crippen LogP contribution >= 0.6 is 11.8 Å². The van der Waals surface area contributed by atoms with E-state index in [-0.39, 0.29) is 0 Å². The monoisotopic (exact) mass is 257 g/mol. The van der Waals surface area contributed by atoms with Crippen LogP contribution in [0.1, 0.15) is 33.6 Å². The Morgan fingerprint density at radius 3 is 2.94 bits per heavy atom. The molecule has 0 aromatic carbocycles. The van der Waals surface area contributed by atoms with Crippen molar-refractivity contribution in [2.45, 2.75) is 33.6 Å². The van der Waals surface area contributed by atoms with Crippen molar-refractivity contribution in [3.63, 3.8) is 0 Å². The molecule has 1 fully saturated rings. The largest absolute Gasteiger partial charge is 0.370 e. The summed E-state index contributed by atoms with van der Waals surface area (Å²) in [5.74, 6) is 4.58. The third-order valence-corrected chi connectivity index (χ3v) is 4.32. The number of hydrogen-bond acceptors (Lipinski definition) is 2. The van der Waals surface area contributed by atoms with Gasteiger partial charge in [0.05, 0.1) is 6.54 Å². The highest BCUT2D eigenvalue weighted by Gasteiger charge is 2.17. The van der Waals surface area contributed by atoms with Gasteiger partial charge in [-0.1, -0.05) is 20.8 Å². The van der Waals surface area contributed by atoms with E-state index in [1.165, 1.54) is 18.6 Å². The maximum absolute atomic E-state index is 6.02. The molecule has 17 heavy (non-hydrogen) atoms. The molecule has 1 saturated heterocycles. The predicted octanol–water partition coefficient (Wildman–Crippen LogP) is 2.42. The lowest BCUT2D eigenvalue weighted by molar-refractivity contribution is 0.270. The molecule has 1 heterocycles. The van der Waals surface area contributed by atoms with Crippen molar-refractivity contribution in [1.29, 1.82) is 0 Å². The number of rotatable bonds is 5. The number of thioether (sulfide) groups is 1. The average molecular weight is 257 g/mol. The first-order valence-electron chi connectivity index (χ1n) is 6.72. The number of guanidine groups is 1. The molecule has 3 nitrogen and oxygen atoms in total. The number of hydrogen-bond donors (Lipinski definition) is 1. The molecule has 1 unspecified atom stereocenters. The molecule has 1 rings (SSSR count). The molecule has 0 amide bonds. The van der Waals surface area contributed by atoms with Crippen molar-refractivity contribution in [3.8, 4) is 0 Å². The van der Waals surface area contributed by atoms with Gasteiger partial charge in [0, 0.05) is 18.8 Å². The summed E-state index contributed by atoms with van der Waals surface area (Å²) in [7, 11) is 0. The first kappa shape index (κ1) is 14.7. The summed E-state index contributed by atoms with van der Waals surface area (Å²) >= 11 is 1.97. The van der Waals surface area contributed by atoms with E-state index in [2.05, 4.69) is 30.7 Å². The molecule has 1 atom stereocenters. The topological polar surface area (TPSA) is 41.6 Å². The molecule has 0 aliphatic carbocycles. The van der Waals surface area contributed by atoms with E-state index in [0.717, 1.165) is 43.2 Å². The molecule has 0 bridgehead atoms. The second-order valence-corrected chi connectivity index (χ2v) is 6.55. The summed E-state index contributed by atoms with van der Waals surface area (Å²) in [6.07, 6.45) is 2.58. The number of nitrogens with two attached hydrogens (primary N) is 1. The van der Waals surface area contributed by atoms with Crippen LogP contribution in [0.4, 0.5) is 0 Å². The van der Waals surface area contributed by atoms with Crippen LogP contribution in [0.25, 0.3) is 0 Å². The maximum Gasteiger partial charge on any atom is 0.191 e. The van der Waals surface area contributed by atoms with Gasteiger partial charge in [-0.2, -0.15) is 11.8 Å². The number of nitrogens with zero attached hydrogens (tertiary/aromatic N) is 2. The second-order valence-electron chi connectivity index (χ2n) is 5.40. The second kappa shape index (κ2) is 7.85. The van der Waals surface area contributed by atoms with Gasteiger partial charge in [-0.05, 0) is 30.4 Å². The van der Waals surface area contributed by atoms with Crippen LogP contribution < -0.4 is 5.73 Å². The quantitative estimate of drug-likeness (QED) is 0.467. The Morgan fingerprint density at radius 1 is 1.53 bits per heavy atom. The molecular weight excluding hydrogens is 230 g/mol. The van der Waals surface area contributed by atoms with Crippen molar-refractivity contribution in [2.24, 2.45) is 22.6 Å². The van der Waals surface area contributed by atoms with Crippen molar-refractivity contribution in [3.05, 3.63) is 0 Å². The van der Waals surface area contributed by atoms with E-state index in [0.29, 0.717) is 0 Å². The molecule has 100 valence electrons. The third-order valence-electron chi connectivity index (χ3n) is 2.94. The molecule has 2 N–H and O–H groups in total. The summed E-state index contributed by atoms with van der Waals surface area (Å²) in [6.45, 7) is 9.80.